The number of carbonyl (C=O) groups is 2. The van der Waals surface area contributed by atoms with Gasteiger partial charge in [-0.2, -0.15) is 0 Å². The Kier molecular flexibility index (Phi) is 5.10. The van der Waals surface area contributed by atoms with Crippen LogP contribution >= 0.6 is 24.0 Å². The molecule has 2 atom stereocenters. The minimum Gasteiger partial charge on any atom is -0.496 e. The second-order valence-corrected chi connectivity index (χ2v) is 7.67. The fraction of sp³-hybridized carbons (Fsp3) is 0.471. The third kappa shape index (κ3) is 3.28. The van der Waals surface area contributed by atoms with Gasteiger partial charge in [-0.3, -0.25) is 4.79 Å². The molecule has 0 saturated carbocycles. The van der Waals surface area contributed by atoms with Gasteiger partial charge in [-0.05, 0) is 31.0 Å². The molecule has 2 fully saturated rings. The summed E-state index contributed by atoms with van der Waals surface area (Å²) in [6.45, 7) is 0. The number of thiocarbonyl (C=S) groups is 1. The summed E-state index contributed by atoms with van der Waals surface area (Å²) in [5.74, 6) is 0.369. The van der Waals surface area contributed by atoms with Gasteiger partial charge in [-0.15, -0.1) is 0 Å². The van der Waals surface area contributed by atoms with Crippen LogP contribution in [0, 0.1) is 0 Å². The number of Topliss-reactive ketones (excluding diaryl/α,β-unsaturated/α-hetero) is 1. The summed E-state index contributed by atoms with van der Waals surface area (Å²) in [5, 5.41) is 0. The monoisotopic (exact) mass is 365 g/mol. The summed E-state index contributed by atoms with van der Waals surface area (Å²) in [4.78, 5) is 26.7. The first-order valence-electron chi connectivity index (χ1n) is 7.81. The number of hydrogen-bond acceptors (Lipinski definition) is 6. The Morgan fingerprint density at radius 1 is 1.25 bits per heavy atom. The van der Waals surface area contributed by atoms with Crippen LogP contribution in [0.15, 0.2) is 23.1 Å². The Balaban J connectivity index is 1.77. The molecule has 2 unspecified atom stereocenters. The lowest BCUT2D eigenvalue weighted by atomic mass is 10.0. The number of fused-ring (bicyclic) bond motifs is 2. The lowest BCUT2D eigenvalue weighted by Gasteiger charge is -2.35. The average Bonchev–Trinajstić information content (AvgIpc) is 2.86. The normalized spacial score (nSPS) is 22.4. The van der Waals surface area contributed by atoms with Crippen molar-refractivity contribution >= 4 is 40.1 Å². The van der Waals surface area contributed by atoms with Gasteiger partial charge in [0.15, 0.2) is 0 Å². The summed E-state index contributed by atoms with van der Waals surface area (Å²) >= 11 is 7.06. The van der Waals surface area contributed by atoms with Crippen LogP contribution in [0.25, 0.3) is 0 Å². The largest absolute Gasteiger partial charge is 0.496 e. The molecule has 0 aliphatic carbocycles. The Bertz CT molecular complexity index is 675. The van der Waals surface area contributed by atoms with E-state index >= 15 is 0 Å². The molecule has 2 bridgehead atoms. The van der Waals surface area contributed by atoms with Crippen molar-refractivity contribution in [3.05, 3.63) is 23.8 Å². The lowest BCUT2D eigenvalue weighted by Crippen LogP contribution is -2.44. The van der Waals surface area contributed by atoms with Crippen molar-refractivity contribution in [2.45, 2.75) is 42.7 Å². The molecule has 2 aliphatic rings. The second-order valence-electron chi connectivity index (χ2n) is 5.96. The number of esters is 1. The number of benzene rings is 1. The predicted octanol–water partition coefficient (Wildman–Crippen LogP) is 3.05. The van der Waals surface area contributed by atoms with E-state index in [1.165, 1.54) is 26.0 Å². The highest BCUT2D eigenvalue weighted by Crippen LogP contribution is 2.38. The summed E-state index contributed by atoms with van der Waals surface area (Å²) in [6.07, 6.45) is 3.22. The van der Waals surface area contributed by atoms with E-state index in [1.807, 2.05) is 6.07 Å². The minimum atomic E-state index is -0.441. The number of piperidine rings is 1. The number of nitrogens with zero attached hydrogens (tertiary/aromatic N) is 1. The van der Waals surface area contributed by atoms with Crippen LogP contribution in [-0.2, 0) is 9.53 Å². The number of ketones is 1. The van der Waals surface area contributed by atoms with Gasteiger partial charge in [-0.1, -0.05) is 24.0 Å². The van der Waals surface area contributed by atoms with Gasteiger partial charge in [0, 0.05) is 29.8 Å². The molecule has 2 aliphatic heterocycles. The van der Waals surface area contributed by atoms with E-state index in [1.54, 1.807) is 12.1 Å². The van der Waals surface area contributed by atoms with Gasteiger partial charge in [0.2, 0.25) is 0 Å². The van der Waals surface area contributed by atoms with Crippen LogP contribution < -0.4 is 4.74 Å². The van der Waals surface area contributed by atoms with Crippen LogP contribution in [0.2, 0.25) is 0 Å². The maximum Gasteiger partial charge on any atom is 0.341 e. The third-order valence-electron chi connectivity index (χ3n) is 4.54. The molecule has 0 aromatic heterocycles. The number of carbonyl (C=O) groups excluding carboxylic acids is 2. The minimum absolute atomic E-state index is 0.231. The summed E-state index contributed by atoms with van der Waals surface area (Å²) in [7, 11) is 2.86. The topological polar surface area (TPSA) is 55.8 Å². The molecule has 0 amide bonds. The van der Waals surface area contributed by atoms with E-state index in [2.05, 4.69) is 4.90 Å². The third-order valence-corrected chi connectivity index (χ3v) is 5.87. The van der Waals surface area contributed by atoms with Gasteiger partial charge < -0.3 is 14.4 Å². The molecule has 1 aromatic rings. The Labute approximate surface area is 150 Å². The standard InChI is InChI=1S/C17H19NO4S2/c1-21-15-6-5-13(9-14(15)16(20)22-2)24-17(23)18-10-3-4-11(18)8-12(19)7-10/h5-6,9-11H,3-4,7-8H2,1-2H3. The van der Waals surface area contributed by atoms with Gasteiger partial charge in [0.25, 0.3) is 0 Å². The SMILES string of the molecule is COC(=O)c1cc(SC(=S)N2C3CCC2CC(=O)C3)ccc1OC. The highest BCUT2D eigenvalue weighted by molar-refractivity contribution is 8.22. The van der Waals surface area contributed by atoms with Crippen molar-refractivity contribution in [3.63, 3.8) is 0 Å². The Hall–Kier alpha value is -1.60. The van der Waals surface area contributed by atoms with Crippen molar-refractivity contribution in [1.29, 1.82) is 0 Å². The molecule has 128 valence electrons. The highest BCUT2D eigenvalue weighted by Gasteiger charge is 2.41. The van der Waals surface area contributed by atoms with Gasteiger partial charge in [0.1, 0.15) is 21.4 Å². The molecule has 0 N–H and O–H groups in total. The number of hydrogen-bond donors (Lipinski definition) is 0. The lowest BCUT2D eigenvalue weighted by molar-refractivity contribution is -0.122. The second kappa shape index (κ2) is 7.11. The first kappa shape index (κ1) is 17.2. The van der Waals surface area contributed by atoms with Crippen molar-refractivity contribution < 1.29 is 19.1 Å². The molecular formula is C17H19NO4S2. The predicted molar refractivity (Wildman–Crippen MR) is 95.7 cm³/mol. The van der Waals surface area contributed by atoms with E-state index in [0.717, 1.165) is 22.1 Å². The fourth-order valence-electron chi connectivity index (χ4n) is 3.44. The van der Waals surface area contributed by atoms with E-state index < -0.39 is 5.97 Å². The molecule has 0 radical (unpaired) electrons. The van der Waals surface area contributed by atoms with Crippen molar-refractivity contribution in [2.75, 3.05) is 14.2 Å². The summed E-state index contributed by atoms with van der Waals surface area (Å²) in [5.41, 5.74) is 0.379. The molecule has 0 spiro atoms. The van der Waals surface area contributed by atoms with E-state index in [4.69, 9.17) is 21.7 Å². The first-order valence-corrected chi connectivity index (χ1v) is 9.04. The molecule has 24 heavy (non-hydrogen) atoms. The molecule has 3 rings (SSSR count). The Morgan fingerprint density at radius 3 is 2.50 bits per heavy atom. The van der Waals surface area contributed by atoms with Crippen LogP contribution in [0.3, 0.4) is 0 Å². The van der Waals surface area contributed by atoms with Crippen LogP contribution in [0.5, 0.6) is 5.75 Å². The van der Waals surface area contributed by atoms with Crippen molar-refractivity contribution in [2.24, 2.45) is 0 Å². The highest BCUT2D eigenvalue weighted by atomic mass is 32.2. The fourth-order valence-corrected chi connectivity index (χ4v) is 4.95. The van der Waals surface area contributed by atoms with Crippen LogP contribution in [-0.4, -0.2) is 47.3 Å². The molecule has 5 nitrogen and oxygen atoms in total. The molecule has 2 heterocycles. The van der Waals surface area contributed by atoms with Gasteiger partial charge >= 0.3 is 5.97 Å². The zero-order chi connectivity index (χ0) is 17.3. The zero-order valence-electron chi connectivity index (χ0n) is 13.6. The maximum atomic E-state index is 11.9. The van der Waals surface area contributed by atoms with E-state index in [9.17, 15) is 9.59 Å². The summed E-state index contributed by atoms with van der Waals surface area (Å²) < 4.78 is 10.8. The quantitative estimate of drug-likeness (QED) is 0.463. The number of rotatable bonds is 3. The van der Waals surface area contributed by atoms with Crippen molar-refractivity contribution in [1.82, 2.24) is 4.90 Å². The number of methoxy groups -OCH3 is 2. The molecule has 2 saturated heterocycles. The van der Waals surface area contributed by atoms with E-state index in [-0.39, 0.29) is 12.1 Å². The average molecular weight is 365 g/mol. The van der Waals surface area contributed by atoms with Gasteiger partial charge in [-0.25, -0.2) is 4.79 Å². The number of ether oxygens (including phenoxy) is 2. The maximum absolute atomic E-state index is 11.9. The summed E-state index contributed by atoms with van der Waals surface area (Å²) in [6, 6.07) is 5.81. The smallest absolute Gasteiger partial charge is 0.341 e. The van der Waals surface area contributed by atoms with E-state index in [0.29, 0.717) is 29.9 Å². The molecule has 1 aromatic carbocycles. The molecular weight excluding hydrogens is 346 g/mol. The number of thioether (sulfide) groups is 1. The van der Waals surface area contributed by atoms with Gasteiger partial charge in [0.05, 0.1) is 14.2 Å². The van der Waals surface area contributed by atoms with Crippen LogP contribution in [0.4, 0.5) is 0 Å². The first-order chi connectivity index (χ1) is 11.5. The Morgan fingerprint density at radius 2 is 1.92 bits per heavy atom. The van der Waals surface area contributed by atoms with Crippen LogP contribution in [0.1, 0.15) is 36.0 Å². The molecule has 7 heteroatoms. The van der Waals surface area contributed by atoms with Crippen molar-refractivity contribution in [3.8, 4) is 5.75 Å². The zero-order valence-corrected chi connectivity index (χ0v) is 15.2.